The van der Waals surface area contributed by atoms with Crippen LogP contribution >= 0.6 is 0 Å². The van der Waals surface area contributed by atoms with Crippen molar-refractivity contribution in [2.75, 3.05) is 6.61 Å². The van der Waals surface area contributed by atoms with Gasteiger partial charge in [0.2, 0.25) is 5.91 Å². The number of allylic oxidation sites excluding steroid dienone is 4. The topological polar surface area (TPSA) is 95.9 Å². The fraction of sp³-hybridized carbons (Fsp3) is 0.895. The molecule has 3 unspecified atom stereocenters. The van der Waals surface area contributed by atoms with E-state index in [1.165, 1.54) is 193 Å². The Morgan fingerprint density at radius 1 is 0.444 bits per heavy atom. The number of hydrogen-bond donors (Lipinski definition) is 3. The molecule has 6 nitrogen and oxygen atoms in total. The van der Waals surface area contributed by atoms with Gasteiger partial charge < -0.3 is 20.3 Å². The minimum atomic E-state index is -0.787. The van der Waals surface area contributed by atoms with Crippen LogP contribution in [0.25, 0.3) is 0 Å². The Labute approximate surface area is 392 Å². The highest BCUT2D eigenvalue weighted by Gasteiger charge is 2.24. The first kappa shape index (κ1) is 61.3. The van der Waals surface area contributed by atoms with Gasteiger partial charge in [0.05, 0.1) is 25.2 Å². The minimum Gasteiger partial charge on any atom is -0.462 e. The number of rotatable bonds is 51. The molecule has 0 aliphatic carbocycles. The fourth-order valence-corrected chi connectivity index (χ4v) is 8.72. The van der Waals surface area contributed by atoms with Crippen molar-refractivity contribution in [1.82, 2.24) is 5.32 Å². The molecule has 0 aromatic heterocycles. The Hall–Kier alpha value is -1.66. The normalized spacial score (nSPS) is 13.3. The highest BCUT2D eigenvalue weighted by atomic mass is 16.5. The summed E-state index contributed by atoms with van der Waals surface area (Å²) in [5.74, 6) is -0.476. The molecule has 6 heteroatoms. The van der Waals surface area contributed by atoms with Gasteiger partial charge in [-0.1, -0.05) is 244 Å². The average Bonchev–Trinajstić information content (AvgIpc) is 3.28. The fourth-order valence-electron chi connectivity index (χ4n) is 8.72. The monoisotopic (exact) mass is 888 g/mol. The number of ether oxygens (including phenoxy) is 1. The van der Waals surface area contributed by atoms with Gasteiger partial charge in [-0.25, -0.2) is 0 Å². The largest absolute Gasteiger partial charge is 0.462 e. The van der Waals surface area contributed by atoms with Crippen LogP contribution in [0.5, 0.6) is 0 Å². The van der Waals surface area contributed by atoms with E-state index in [1.807, 2.05) is 0 Å². The van der Waals surface area contributed by atoms with E-state index in [0.29, 0.717) is 19.3 Å². The van der Waals surface area contributed by atoms with Crippen LogP contribution < -0.4 is 5.32 Å². The van der Waals surface area contributed by atoms with Crippen LogP contribution in [0.1, 0.15) is 303 Å². The molecule has 0 bridgehead atoms. The molecule has 63 heavy (non-hydrogen) atoms. The molecule has 0 saturated heterocycles. The van der Waals surface area contributed by atoms with Gasteiger partial charge in [0.1, 0.15) is 6.10 Å². The van der Waals surface area contributed by atoms with Crippen LogP contribution in [0.4, 0.5) is 0 Å². The van der Waals surface area contributed by atoms with E-state index < -0.39 is 18.2 Å². The number of carbonyl (C=O) groups is 2. The Bertz CT molecular complexity index is 997. The number of amides is 1. The number of unbranched alkanes of at least 4 members (excludes halogenated alkanes) is 35. The first-order valence-corrected chi connectivity index (χ1v) is 28.1. The predicted molar refractivity (Wildman–Crippen MR) is 273 cm³/mol. The quantitative estimate of drug-likeness (QED) is 0.0321. The number of carbonyl (C=O) groups excluding carboxylic acids is 2. The molecule has 1 amide bonds. The van der Waals surface area contributed by atoms with Crippen molar-refractivity contribution in [1.29, 1.82) is 0 Å². The van der Waals surface area contributed by atoms with Gasteiger partial charge in [-0.15, -0.1) is 0 Å². The summed E-state index contributed by atoms with van der Waals surface area (Å²) in [7, 11) is 0. The molecule has 0 aliphatic heterocycles. The average molecular weight is 889 g/mol. The summed E-state index contributed by atoms with van der Waals surface area (Å²) < 4.78 is 5.93. The minimum absolute atomic E-state index is 0.0754. The van der Waals surface area contributed by atoms with E-state index in [9.17, 15) is 19.8 Å². The van der Waals surface area contributed by atoms with Crippen molar-refractivity contribution in [3.05, 3.63) is 24.3 Å². The van der Waals surface area contributed by atoms with Gasteiger partial charge in [0, 0.05) is 6.42 Å². The van der Waals surface area contributed by atoms with Gasteiger partial charge in [-0.05, 0) is 70.6 Å². The van der Waals surface area contributed by atoms with Crippen molar-refractivity contribution >= 4 is 11.9 Å². The zero-order valence-electron chi connectivity index (χ0n) is 42.5. The van der Waals surface area contributed by atoms with Crippen LogP contribution in [0.3, 0.4) is 0 Å². The van der Waals surface area contributed by atoms with Crippen LogP contribution in [-0.4, -0.2) is 46.9 Å². The lowest BCUT2D eigenvalue weighted by molar-refractivity contribution is -0.151. The molecule has 0 rings (SSSR count). The summed E-state index contributed by atoms with van der Waals surface area (Å²) in [6.45, 7) is 6.45. The second-order valence-electron chi connectivity index (χ2n) is 19.3. The lowest BCUT2D eigenvalue weighted by Gasteiger charge is -2.24. The second kappa shape index (κ2) is 51.3. The summed E-state index contributed by atoms with van der Waals surface area (Å²) in [6, 6.07) is -0.701. The van der Waals surface area contributed by atoms with Gasteiger partial charge in [-0.3, -0.25) is 9.59 Å². The molecule has 0 fully saturated rings. The first-order chi connectivity index (χ1) is 31.0. The SMILES string of the molecule is CCC/C=C\CCCCCCCC(=O)OC(CCCCCCCCC/C=C/CCCCCCCC)CC(=O)NC(CO)C(O)CCCCCCCCCCCCCCCCCCC. The van der Waals surface area contributed by atoms with E-state index in [1.54, 1.807) is 0 Å². The Morgan fingerprint density at radius 2 is 0.794 bits per heavy atom. The number of aliphatic hydroxyl groups excluding tert-OH is 2. The molecule has 0 aromatic carbocycles. The molecule has 0 aromatic rings. The molecule has 0 spiro atoms. The van der Waals surface area contributed by atoms with Crippen molar-refractivity contribution in [2.45, 2.75) is 322 Å². The van der Waals surface area contributed by atoms with E-state index in [0.717, 1.165) is 64.2 Å². The molecule has 3 atom stereocenters. The van der Waals surface area contributed by atoms with Gasteiger partial charge in [0.25, 0.3) is 0 Å². The van der Waals surface area contributed by atoms with Gasteiger partial charge >= 0.3 is 5.97 Å². The Kier molecular flexibility index (Phi) is 50.0. The molecular weight excluding hydrogens is 779 g/mol. The third-order valence-corrected chi connectivity index (χ3v) is 13.0. The van der Waals surface area contributed by atoms with Crippen molar-refractivity contribution in [3.63, 3.8) is 0 Å². The molecule has 372 valence electrons. The Balaban J connectivity index is 4.47. The molecule has 0 aliphatic rings. The maximum Gasteiger partial charge on any atom is 0.306 e. The van der Waals surface area contributed by atoms with Crippen molar-refractivity contribution < 1.29 is 24.5 Å². The van der Waals surface area contributed by atoms with Crippen LogP contribution in [0, 0.1) is 0 Å². The number of hydrogen-bond acceptors (Lipinski definition) is 5. The summed E-state index contributed by atoms with van der Waals surface area (Å²) in [6.07, 6.45) is 59.6. The van der Waals surface area contributed by atoms with E-state index in [4.69, 9.17) is 4.74 Å². The summed E-state index contributed by atoms with van der Waals surface area (Å²) >= 11 is 0. The summed E-state index contributed by atoms with van der Waals surface area (Å²) in [4.78, 5) is 26.2. The maximum absolute atomic E-state index is 13.2. The molecular formula is C57H109NO5. The third-order valence-electron chi connectivity index (χ3n) is 13.0. The molecule has 0 saturated carbocycles. The summed E-state index contributed by atoms with van der Waals surface area (Å²) in [5.41, 5.74) is 0. The maximum atomic E-state index is 13.2. The summed E-state index contributed by atoms with van der Waals surface area (Å²) in [5, 5.41) is 23.9. The third kappa shape index (κ3) is 46.7. The lowest BCUT2D eigenvalue weighted by atomic mass is 10.0. The molecule has 3 N–H and O–H groups in total. The molecule has 0 heterocycles. The number of esters is 1. The van der Waals surface area contributed by atoms with Gasteiger partial charge in [0.15, 0.2) is 0 Å². The Morgan fingerprint density at radius 3 is 1.19 bits per heavy atom. The molecule has 0 radical (unpaired) electrons. The number of aliphatic hydroxyl groups is 2. The van der Waals surface area contributed by atoms with E-state index in [2.05, 4.69) is 50.4 Å². The lowest BCUT2D eigenvalue weighted by Crippen LogP contribution is -2.46. The highest BCUT2D eigenvalue weighted by molar-refractivity contribution is 5.77. The van der Waals surface area contributed by atoms with E-state index >= 15 is 0 Å². The zero-order chi connectivity index (χ0) is 45.9. The first-order valence-electron chi connectivity index (χ1n) is 28.1. The standard InChI is InChI=1S/C57H109NO5/c1-4-7-10-13-16-19-22-24-26-28-30-32-34-36-39-42-45-48-53(63-57(62)50-47-44-41-38-21-18-15-12-9-6-3)51-56(61)58-54(52-59)55(60)49-46-43-40-37-35-33-31-29-27-25-23-20-17-14-11-8-5-2/h12,15,24,26,53-55,59-60H,4-11,13-14,16-23,25,27-52H2,1-3H3,(H,58,61)/b15-12-,26-24+. The van der Waals surface area contributed by atoms with Crippen LogP contribution in [0.2, 0.25) is 0 Å². The second-order valence-corrected chi connectivity index (χ2v) is 19.3. The van der Waals surface area contributed by atoms with Crippen molar-refractivity contribution in [2.24, 2.45) is 0 Å². The number of nitrogens with one attached hydrogen (secondary N) is 1. The zero-order valence-corrected chi connectivity index (χ0v) is 42.5. The van der Waals surface area contributed by atoms with E-state index in [-0.39, 0.29) is 24.9 Å². The highest BCUT2D eigenvalue weighted by Crippen LogP contribution is 2.18. The predicted octanol–water partition coefficient (Wildman–Crippen LogP) is 17.1. The van der Waals surface area contributed by atoms with Crippen molar-refractivity contribution in [3.8, 4) is 0 Å². The van der Waals surface area contributed by atoms with Crippen LogP contribution in [-0.2, 0) is 14.3 Å². The smallest absolute Gasteiger partial charge is 0.306 e. The van der Waals surface area contributed by atoms with Gasteiger partial charge in [-0.2, -0.15) is 0 Å². The van der Waals surface area contributed by atoms with Crippen LogP contribution in [0.15, 0.2) is 24.3 Å².